The van der Waals surface area contributed by atoms with Crippen LogP contribution in [-0.2, 0) is 4.74 Å². The molecule has 0 aromatic heterocycles. The molecule has 0 aliphatic heterocycles. The molecule has 0 saturated carbocycles. The molecule has 0 atom stereocenters. The number of anilines is 1. The molecule has 0 saturated heterocycles. The summed E-state index contributed by atoms with van der Waals surface area (Å²) in [6.45, 7) is 3.59. The van der Waals surface area contributed by atoms with Gasteiger partial charge in [0.25, 0.3) is 11.8 Å². The smallest absolute Gasteiger partial charge is 0.255 e. The number of hydrogen-bond donors (Lipinski definition) is 1. The van der Waals surface area contributed by atoms with Crippen molar-refractivity contribution in [3.63, 3.8) is 0 Å². The normalized spacial score (nSPS) is 10.3. The first-order valence-electron chi connectivity index (χ1n) is 8.45. The summed E-state index contributed by atoms with van der Waals surface area (Å²) in [5.41, 5.74) is 1.72. The molecular weight excluding hydrogens is 332 g/mol. The zero-order chi connectivity index (χ0) is 18.9. The number of nitrogens with zero attached hydrogens (tertiary/aromatic N) is 1. The molecule has 0 radical (unpaired) electrons. The van der Waals surface area contributed by atoms with E-state index in [1.54, 1.807) is 62.6 Å². The number of benzene rings is 2. The first kappa shape index (κ1) is 19.5. The molecular formula is C20H24N2O4. The lowest BCUT2D eigenvalue weighted by atomic mass is 10.1. The van der Waals surface area contributed by atoms with Gasteiger partial charge in [0.2, 0.25) is 0 Å². The summed E-state index contributed by atoms with van der Waals surface area (Å²) in [5.74, 6) is 0.383. The third-order valence-corrected chi connectivity index (χ3v) is 3.61. The SMILES string of the molecule is CCOCCOc1ccc(C(=O)Nc2ccc(C(=O)N(C)C)cc2)cc1. The molecule has 2 amide bonds. The van der Waals surface area contributed by atoms with Crippen LogP contribution in [0.3, 0.4) is 0 Å². The van der Waals surface area contributed by atoms with Crippen molar-refractivity contribution in [1.82, 2.24) is 4.90 Å². The van der Waals surface area contributed by atoms with E-state index in [0.717, 1.165) is 0 Å². The molecule has 0 fully saturated rings. The Kier molecular flexibility index (Phi) is 7.17. The number of carbonyl (C=O) groups is 2. The summed E-state index contributed by atoms with van der Waals surface area (Å²) in [6, 6.07) is 13.7. The van der Waals surface area contributed by atoms with Gasteiger partial charge in [0.15, 0.2) is 0 Å². The van der Waals surface area contributed by atoms with E-state index in [4.69, 9.17) is 9.47 Å². The first-order valence-corrected chi connectivity index (χ1v) is 8.45. The summed E-state index contributed by atoms with van der Waals surface area (Å²) < 4.78 is 10.7. The zero-order valence-electron chi connectivity index (χ0n) is 15.3. The molecule has 0 spiro atoms. The molecule has 2 aromatic rings. The van der Waals surface area contributed by atoms with Gasteiger partial charge in [0.05, 0.1) is 6.61 Å². The molecule has 26 heavy (non-hydrogen) atoms. The number of ether oxygens (including phenoxy) is 2. The average molecular weight is 356 g/mol. The maximum absolute atomic E-state index is 12.3. The standard InChI is InChI=1S/C20H24N2O4/c1-4-25-13-14-26-18-11-7-15(8-12-18)19(23)21-17-9-5-16(6-10-17)20(24)22(2)3/h5-12H,4,13-14H2,1-3H3,(H,21,23). The lowest BCUT2D eigenvalue weighted by Gasteiger charge is -2.11. The minimum Gasteiger partial charge on any atom is -0.491 e. The topological polar surface area (TPSA) is 67.9 Å². The van der Waals surface area contributed by atoms with Crippen LogP contribution < -0.4 is 10.1 Å². The minimum atomic E-state index is -0.224. The van der Waals surface area contributed by atoms with Gasteiger partial charge in [-0.1, -0.05) is 0 Å². The second-order valence-electron chi connectivity index (χ2n) is 5.80. The van der Waals surface area contributed by atoms with Gasteiger partial charge < -0.3 is 19.7 Å². The van der Waals surface area contributed by atoms with E-state index in [1.807, 2.05) is 6.92 Å². The molecule has 6 heteroatoms. The van der Waals surface area contributed by atoms with Crippen LogP contribution >= 0.6 is 0 Å². The van der Waals surface area contributed by atoms with Crippen molar-refractivity contribution in [3.05, 3.63) is 59.7 Å². The monoisotopic (exact) mass is 356 g/mol. The molecule has 1 N–H and O–H groups in total. The Labute approximate surface area is 153 Å². The van der Waals surface area contributed by atoms with Gasteiger partial charge in [0.1, 0.15) is 12.4 Å². The number of hydrogen-bond acceptors (Lipinski definition) is 4. The highest BCUT2D eigenvalue weighted by atomic mass is 16.5. The van der Waals surface area contributed by atoms with Gasteiger partial charge >= 0.3 is 0 Å². The predicted molar refractivity (Wildman–Crippen MR) is 101 cm³/mol. The summed E-state index contributed by atoms with van der Waals surface area (Å²) in [7, 11) is 3.39. The Morgan fingerprint density at radius 2 is 1.54 bits per heavy atom. The Morgan fingerprint density at radius 3 is 2.12 bits per heavy atom. The van der Waals surface area contributed by atoms with Crippen molar-refractivity contribution in [2.24, 2.45) is 0 Å². The molecule has 138 valence electrons. The van der Waals surface area contributed by atoms with Crippen molar-refractivity contribution < 1.29 is 19.1 Å². The number of amides is 2. The Balaban J connectivity index is 1.92. The van der Waals surface area contributed by atoms with Crippen LogP contribution in [0.4, 0.5) is 5.69 Å². The van der Waals surface area contributed by atoms with E-state index in [9.17, 15) is 9.59 Å². The van der Waals surface area contributed by atoms with Crippen LogP contribution in [0.25, 0.3) is 0 Å². The Bertz CT molecular complexity index is 724. The third kappa shape index (κ3) is 5.60. The fourth-order valence-electron chi connectivity index (χ4n) is 2.22. The maximum atomic E-state index is 12.3. The predicted octanol–water partition coefficient (Wildman–Crippen LogP) is 3.06. The van der Waals surface area contributed by atoms with Gasteiger partial charge in [-0.3, -0.25) is 9.59 Å². The van der Waals surface area contributed by atoms with E-state index in [1.165, 1.54) is 4.90 Å². The Hall–Kier alpha value is -2.86. The second-order valence-corrected chi connectivity index (χ2v) is 5.80. The van der Waals surface area contributed by atoms with E-state index in [-0.39, 0.29) is 11.8 Å². The van der Waals surface area contributed by atoms with E-state index in [0.29, 0.717) is 42.4 Å². The molecule has 0 aliphatic rings. The first-order chi connectivity index (χ1) is 12.5. The van der Waals surface area contributed by atoms with Crippen molar-refractivity contribution in [3.8, 4) is 5.75 Å². The lowest BCUT2D eigenvalue weighted by Crippen LogP contribution is -2.21. The lowest BCUT2D eigenvalue weighted by molar-refractivity contribution is 0.0827. The van der Waals surface area contributed by atoms with Crippen molar-refractivity contribution >= 4 is 17.5 Å². The summed E-state index contributed by atoms with van der Waals surface area (Å²) in [5, 5.41) is 2.81. The van der Waals surface area contributed by atoms with E-state index in [2.05, 4.69) is 5.32 Å². The van der Waals surface area contributed by atoms with E-state index < -0.39 is 0 Å². The molecule has 0 bridgehead atoms. The summed E-state index contributed by atoms with van der Waals surface area (Å²) in [6.07, 6.45) is 0. The maximum Gasteiger partial charge on any atom is 0.255 e. The number of rotatable bonds is 8. The number of carbonyl (C=O) groups excluding carboxylic acids is 2. The minimum absolute atomic E-state index is 0.0807. The highest BCUT2D eigenvalue weighted by Crippen LogP contribution is 2.15. The largest absolute Gasteiger partial charge is 0.491 e. The third-order valence-electron chi connectivity index (χ3n) is 3.61. The fraction of sp³-hybridized carbons (Fsp3) is 0.300. The van der Waals surface area contributed by atoms with Crippen LogP contribution in [0.1, 0.15) is 27.6 Å². The van der Waals surface area contributed by atoms with Gasteiger partial charge in [-0.2, -0.15) is 0 Å². The highest BCUT2D eigenvalue weighted by Gasteiger charge is 2.09. The van der Waals surface area contributed by atoms with Gasteiger partial charge in [0, 0.05) is 37.5 Å². The zero-order valence-corrected chi connectivity index (χ0v) is 15.3. The van der Waals surface area contributed by atoms with Crippen LogP contribution in [0.2, 0.25) is 0 Å². The van der Waals surface area contributed by atoms with Gasteiger partial charge in [-0.05, 0) is 55.5 Å². The highest BCUT2D eigenvalue weighted by molar-refractivity contribution is 6.04. The molecule has 0 unspecified atom stereocenters. The molecule has 6 nitrogen and oxygen atoms in total. The van der Waals surface area contributed by atoms with Gasteiger partial charge in [-0.15, -0.1) is 0 Å². The average Bonchev–Trinajstić information content (AvgIpc) is 2.65. The summed E-state index contributed by atoms with van der Waals surface area (Å²) in [4.78, 5) is 25.7. The fourth-order valence-corrected chi connectivity index (χ4v) is 2.22. The van der Waals surface area contributed by atoms with Crippen molar-refractivity contribution in [2.45, 2.75) is 6.92 Å². The molecule has 2 rings (SSSR count). The Morgan fingerprint density at radius 1 is 0.923 bits per heavy atom. The molecule has 2 aromatic carbocycles. The van der Waals surface area contributed by atoms with Crippen LogP contribution in [0, 0.1) is 0 Å². The van der Waals surface area contributed by atoms with Crippen molar-refractivity contribution in [2.75, 3.05) is 39.2 Å². The summed E-state index contributed by atoms with van der Waals surface area (Å²) >= 11 is 0. The number of nitrogens with one attached hydrogen (secondary N) is 1. The van der Waals surface area contributed by atoms with Crippen LogP contribution in [-0.4, -0.2) is 50.6 Å². The molecule has 0 aliphatic carbocycles. The van der Waals surface area contributed by atoms with Crippen LogP contribution in [0.15, 0.2) is 48.5 Å². The second kappa shape index (κ2) is 9.58. The molecule has 0 heterocycles. The van der Waals surface area contributed by atoms with Gasteiger partial charge in [-0.25, -0.2) is 0 Å². The quantitative estimate of drug-likeness (QED) is 0.738. The van der Waals surface area contributed by atoms with E-state index >= 15 is 0 Å². The van der Waals surface area contributed by atoms with Crippen molar-refractivity contribution in [1.29, 1.82) is 0 Å². The van der Waals surface area contributed by atoms with Crippen LogP contribution in [0.5, 0.6) is 5.75 Å².